The lowest BCUT2D eigenvalue weighted by Crippen LogP contribution is -2.47. The van der Waals surface area contributed by atoms with Crippen LogP contribution in [0.15, 0.2) is 72.8 Å². The first kappa shape index (κ1) is 26.1. The van der Waals surface area contributed by atoms with Gasteiger partial charge in [0.15, 0.2) is 12.1 Å². The van der Waals surface area contributed by atoms with Crippen LogP contribution in [0.25, 0.3) is 0 Å². The summed E-state index contributed by atoms with van der Waals surface area (Å²) >= 11 is 6.10. The third kappa shape index (κ3) is 6.44. The summed E-state index contributed by atoms with van der Waals surface area (Å²) in [7, 11) is 1.52. The molecule has 0 unspecified atom stereocenters. The first-order valence-corrected chi connectivity index (χ1v) is 11.9. The molecule has 3 aromatic carbocycles. The zero-order valence-electron chi connectivity index (χ0n) is 19.9. The van der Waals surface area contributed by atoms with Gasteiger partial charge >= 0.3 is 6.09 Å². The Hall–Kier alpha value is -3.95. The summed E-state index contributed by atoms with van der Waals surface area (Å²) in [5.74, 6) is -1.29. The van der Waals surface area contributed by atoms with E-state index >= 15 is 0 Å². The van der Waals surface area contributed by atoms with E-state index in [1.54, 1.807) is 48.5 Å². The zero-order valence-corrected chi connectivity index (χ0v) is 20.7. The summed E-state index contributed by atoms with van der Waals surface area (Å²) in [6, 6.07) is 17.9. The van der Waals surface area contributed by atoms with E-state index in [-0.39, 0.29) is 18.7 Å². The molecule has 10 heteroatoms. The number of hydrogen-bond donors (Lipinski definition) is 2. The number of nitrogens with one attached hydrogen (secondary N) is 2. The molecule has 3 amide bonds. The number of amides is 3. The van der Waals surface area contributed by atoms with Gasteiger partial charge in [-0.05, 0) is 59.7 Å². The van der Waals surface area contributed by atoms with Crippen LogP contribution < -0.4 is 10.6 Å². The molecule has 2 N–H and O–H groups in total. The van der Waals surface area contributed by atoms with E-state index in [4.69, 9.17) is 21.1 Å². The van der Waals surface area contributed by atoms with Gasteiger partial charge in [-0.3, -0.25) is 14.5 Å². The molecule has 0 bridgehead atoms. The minimum absolute atomic E-state index is 0.110. The molecular weight excluding hydrogens is 501 g/mol. The second-order valence-electron chi connectivity index (χ2n) is 8.38. The fourth-order valence-corrected chi connectivity index (χ4v) is 4.23. The van der Waals surface area contributed by atoms with Crippen LogP contribution in [0, 0.1) is 5.82 Å². The highest BCUT2D eigenvalue weighted by Gasteiger charge is 2.47. The average Bonchev–Trinajstić information content (AvgIpc) is 3.20. The number of halogens is 2. The number of carbonyl (C=O) groups is 3. The summed E-state index contributed by atoms with van der Waals surface area (Å²) in [5, 5.41) is 6.04. The third-order valence-corrected chi connectivity index (χ3v) is 6.02. The molecule has 3 aromatic rings. The van der Waals surface area contributed by atoms with Crippen molar-refractivity contribution in [3.05, 3.63) is 100 Å². The number of nitrogens with zero attached hydrogens (tertiary/aromatic N) is 1. The lowest BCUT2D eigenvalue weighted by molar-refractivity contribution is -0.126. The van der Waals surface area contributed by atoms with Crippen molar-refractivity contribution in [2.45, 2.75) is 18.7 Å². The fraction of sp³-hybridized carbons (Fsp3) is 0.222. The lowest BCUT2D eigenvalue weighted by atomic mass is 10.00. The molecule has 4 rings (SSSR count). The monoisotopic (exact) mass is 525 g/mol. The third-order valence-electron chi connectivity index (χ3n) is 5.78. The first-order valence-electron chi connectivity index (χ1n) is 11.5. The Morgan fingerprint density at radius 3 is 2.57 bits per heavy atom. The maximum atomic E-state index is 13.2. The molecule has 1 saturated heterocycles. The van der Waals surface area contributed by atoms with Crippen molar-refractivity contribution in [1.29, 1.82) is 0 Å². The largest absolute Gasteiger partial charge is 0.438 e. The summed E-state index contributed by atoms with van der Waals surface area (Å²) in [6.07, 6.45) is -1.59. The van der Waals surface area contributed by atoms with Gasteiger partial charge in [-0.25, -0.2) is 9.18 Å². The normalized spacial score (nSPS) is 16.8. The molecule has 1 aliphatic rings. The van der Waals surface area contributed by atoms with Gasteiger partial charge < -0.3 is 20.1 Å². The lowest BCUT2D eigenvalue weighted by Gasteiger charge is -2.24. The van der Waals surface area contributed by atoms with Gasteiger partial charge in [0.25, 0.3) is 5.91 Å². The Morgan fingerprint density at radius 1 is 1.08 bits per heavy atom. The topological polar surface area (TPSA) is 97.0 Å². The summed E-state index contributed by atoms with van der Waals surface area (Å²) in [6.45, 7) is 0.669. The molecule has 192 valence electrons. The van der Waals surface area contributed by atoms with Crippen LogP contribution in [-0.4, -0.2) is 49.1 Å². The smallest absolute Gasteiger partial charge is 0.411 e. The number of anilines is 1. The molecule has 0 aliphatic carbocycles. The van der Waals surface area contributed by atoms with Crippen LogP contribution >= 0.6 is 11.6 Å². The van der Waals surface area contributed by atoms with Gasteiger partial charge in [0, 0.05) is 29.9 Å². The van der Waals surface area contributed by atoms with E-state index in [0.29, 0.717) is 22.9 Å². The predicted molar refractivity (Wildman–Crippen MR) is 136 cm³/mol. The maximum Gasteiger partial charge on any atom is 0.411 e. The highest BCUT2D eigenvalue weighted by molar-refractivity contribution is 6.30. The van der Waals surface area contributed by atoms with E-state index in [1.807, 2.05) is 0 Å². The molecule has 1 heterocycles. The molecular formula is C27H25ClFN3O5. The van der Waals surface area contributed by atoms with Crippen LogP contribution in [0.4, 0.5) is 14.9 Å². The van der Waals surface area contributed by atoms with E-state index in [0.717, 1.165) is 5.56 Å². The first-order chi connectivity index (χ1) is 17.9. The number of cyclic esters (lactones) is 1. The van der Waals surface area contributed by atoms with Crippen molar-refractivity contribution >= 4 is 35.2 Å². The Labute approximate surface area is 218 Å². The highest BCUT2D eigenvalue weighted by Crippen LogP contribution is 2.35. The van der Waals surface area contributed by atoms with Crippen LogP contribution in [0.5, 0.6) is 0 Å². The van der Waals surface area contributed by atoms with Crippen molar-refractivity contribution in [2.24, 2.45) is 0 Å². The van der Waals surface area contributed by atoms with Crippen LogP contribution in [0.1, 0.15) is 27.6 Å². The minimum atomic E-state index is -0.980. The van der Waals surface area contributed by atoms with E-state index in [9.17, 15) is 18.8 Å². The Kier molecular flexibility index (Phi) is 8.37. The second kappa shape index (κ2) is 11.9. The number of methoxy groups -OCH3 is 1. The molecule has 37 heavy (non-hydrogen) atoms. The second-order valence-corrected chi connectivity index (χ2v) is 8.81. The molecule has 1 aliphatic heterocycles. The Balaban J connectivity index is 1.59. The standard InChI is InChI=1S/C27H25ClFN3O5/c1-36-13-12-30-26(34)23-24(37-27(35)32(23)16-17-4-2-6-20(28)14-17)19-5-3-7-22(15-19)31-25(33)18-8-10-21(29)11-9-18/h2-11,14-15,23-24H,12-13,16H2,1H3,(H,30,34)(H,31,33)/t23-,24-/m0/s1. The van der Waals surface area contributed by atoms with Crippen molar-refractivity contribution in [1.82, 2.24) is 10.2 Å². The minimum Gasteiger partial charge on any atom is -0.438 e. The van der Waals surface area contributed by atoms with Crippen LogP contribution in [0.2, 0.25) is 5.02 Å². The van der Waals surface area contributed by atoms with Crippen LogP contribution in [0.3, 0.4) is 0 Å². The molecule has 0 aromatic heterocycles. The predicted octanol–water partition coefficient (Wildman–Crippen LogP) is 4.56. The van der Waals surface area contributed by atoms with Crippen molar-refractivity contribution in [3.63, 3.8) is 0 Å². The zero-order chi connectivity index (χ0) is 26.4. The van der Waals surface area contributed by atoms with Gasteiger partial charge in [-0.1, -0.05) is 35.9 Å². The number of hydrogen-bond acceptors (Lipinski definition) is 5. The molecule has 0 spiro atoms. The summed E-state index contributed by atoms with van der Waals surface area (Å²) < 4.78 is 23.9. The molecule has 0 saturated carbocycles. The highest BCUT2D eigenvalue weighted by atomic mass is 35.5. The molecule has 0 radical (unpaired) electrons. The van der Waals surface area contributed by atoms with Crippen molar-refractivity contribution in [2.75, 3.05) is 25.6 Å². The van der Waals surface area contributed by atoms with Crippen LogP contribution in [-0.2, 0) is 20.8 Å². The van der Waals surface area contributed by atoms with Gasteiger partial charge in [0.1, 0.15) is 5.82 Å². The van der Waals surface area contributed by atoms with Crippen molar-refractivity contribution < 1.29 is 28.2 Å². The SMILES string of the molecule is COCCNC(=O)[C@@H]1[C@H](c2cccc(NC(=O)c3ccc(F)cc3)c2)OC(=O)N1Cc1cccc(Cl)c1. The average molecular weight is 526 g/mol. The van der Waals surface area contributed by atoms with E-state index in [2.05, 4.69) is 10.6 Å². The number of carbonyl (C=O) groups excluding carboxylic acids is 3. The number of benzene rings is 3. The summed E-state index contributed by atoms with van der Waals surface area (Å²) in [5.41, 5.74) is 1.96. The Bertz CT molecular complexity index is 1290. The molecule has 8 nitrogen and oxygen atoms in total. The van der Waals surface area contributed by atoms with Gasteiger partial charge in [-0.2, -0.15) is 0 Å². The maximum absolute atomic E-state index is 13.2. The molecule has 2 atom stereocenters. The van der Waals surface area contributed by atoms with Gasteiger partial charge in [0.05, 0.1) is 13.2 Å². The van der Waals surface area contributed by atoms with Gasteiger partial charge in [-0.15, -0.1) is 0 Å². The molecule has 1 fully saturated rings. The van der Waals surface area contributed by atoms with Gasteiger partial charge in [0.2, 0.25) is 5.91 Å². The van der Waals surface area contributed by atoms with E-state index in [1.165, 1.54) is 36.3 Å². The quantitative estimate of drug-likeness (QED) is 0.399. The van der Waals surface area contributed by atoms with E-state index < -0.39 is 35.9 Å². The fourth-order valence-electron chi connectivity index (χ4n) is 4.02. The number of ether oxygens (including phenoxy) is 2. The number of rotatable bonds is 9. The van der Waals surface area contributed by atoms with Crippen molar-refractivity contribution in [3.8, 4) is 0 Å². The Morgan fingerprint density at radius 2 is 1.84 bits per heavy atom. The summed E-state index contributed by atoms with van der Waals surface area (Å²) in [4.78, 5) is 40.1.